The molecule has 0 spiro atoms. The molecule has 110 valence electrons. The van der Waals surface area contributed by atoms with Gasteiger partial charge in [0, 0.05) is 22.9 Å². The van der Waals surface area contributed by atoms with Crippen LogP contribution in [0.25, 0.3) is 0 Å². The third kappa shape index (κ3) is 3.62. The molecule has 0 aliphatic heterocycles. The van der Waals surface area contributed by atoms with Gasteiger partial charge >= 0.3 is 0 Å². The van der Waals surface area contributed by atoms with Crippen LogP contribution in [0, 0.1) is 5.82 Å². The lowest BCUT2D eigenvalue weighted by molar-refractivity contribution is 0.101. The quantitative estimate of drug-likeness (QED) is 0.879. The normalized spacial score (nSPS) is 12.0. The molecule has 1 amide bonds. The van der Waals surface area contributed by atoms with E-state index in [1.807, 2.05) is 0 Å². The van der Waals surface area contributed by atoms with E-state index in [0.29, 0.717) is 10.4 Å². The van der Waals surface area contributed by atoms with Crippen LogP contribution in [0.2, 0.25) is 0 Å². The number of benzene rings is 1. The number of thiophene rings is 1. The lowest BCUT2D eigenvalue weighted by Gasteiger charge is -2.05. The molecule has 0 aliphatic rings. The molecule has 0 radical (unpaired) electrons. The summed E-state index contributed by atoms with van der Waals surface area (Å²) in [7, 11) is -1.42. The van der Waals surface area contributed by atoms with Gasteiger partial charge in [0.1, 0.15) is 5.82 Å². The van der Waals surface area contributed by atoms with Crippen molar-refractivity contribution in [3.05, 3.63) is 45.9 Å². The molecule has 0 aliphatic carbocycles. The first kappa shape index (κ1) is 15.5. The molecule has 7 heteroatoms. The summed E-state index contributed by atoms with van der Waals surface area (Å²) < 4.78 is 24.9. The summed E-state index contributed by atoms with van der Waals surface area (Å²) in [5, 5.41) is 4.14. The summed E-state index contributed by atoms with van der Waals surface area (Å²) in [4.78, 5) is 23.6. The maximum atomic E-state index is 13.7. The zero-order valence-corrected chi connectivity index (χ0v) is 12.9. The van der Waals surface area contributed by atoms with Crippen molar-refractivity contribution in [1.29, 1.82) is 0 Å². The highest BCUT2D eigenvalue weighted by Gasteiger charge is 2.13. The van der Waals surface area contributed by atoms with Crippen molar-refractivity contribution >= 4 is 39.5 Å². The van der Waals surface area contributed by atoms with Crippen molar-refractivity contribution in [2.75, 3.05) is 11.6 Å². The van der Waals surface area contributed by atoms with Crippen LogP contribution in [0.5, 0.6) is 0 Å². The van der Waals surface area contributed by atoms with Gasteiger partial charge in [0.15, 0.2) is 5.78 Å². The average molecular weight is 325 g/mol. The third-order valence-electron chi connectivity index (χ3n) is 2.73. The summed E-state index contributed by atoms with van der Waals surface area (Å²) in [5.41, 5.74) is 0.734. The first-order valence-electron chi connectivity index (χ1n) is 5.92. The van der Waals surface area contributed by atoms with Gasteiger partial charge in [-0.25, -0.2) is 4.39 Å². The summed E-state index contributed by atoms with van der Waals surface area (Å²) in [5.74, 6) is -1.17. The standard InChI is InChI=1S/C14H12FNO3S2/c1-8(17)9-5-12(20-7-9)14(18)16-10-3-4-13(21(2)19)11(15)6-10/h3-7H,1-2H3,(H,16,18)/t21-/m0/s1. The fraction of sp³-hybridized carbons (Fsp3) is 0.143. The van der Waals surface area contributed by atoms with Crippen LogP contribution in [0.1, 0.15) is 27.0 Å². The van der Waals surface area contributed by atoms with Gasteiger partial charge in [-0.15, -0.1) is 11.3 Å². The Kier molecular flexibility index (Phi) is 4.64. The van der Waals surface area contributed by atoms with Crippen molar-refractivity contribution in [1.82, 2.24) is 0 Å². The van der Waals surface area contributed by atoms with E-state index < -0.39 is 22.5 Å². The number of anilines is 1. The van der Waals surface area contributed by atoms with Crippen LogP contribution in [0.4, 0.5) is 10.1 Å². The molecule has 1 aromatic carbocycles. The Hall–Kier alpha value is -1.86. The molecule has 1 aromatic heterocycles. The first-order chi connectivity index (χ1) is 9.88. The van der Waals surface area contributed by atoms with E-state index in [1.165, 1.54) is 31.4 Å². The highest BCUT2D eigenvalue weighted by molar-refractivity contribution is 7.84. The summed E-state index contributed by atoms with van der Waals surface area (Å²) in [6, 6.07) is 5.47. The van der Waals surface area contributed by atoms with Crippen LogP contribution in [0.3, 0.4) is 0 Å². The summed E-state index contributed by atoms with van der Waals surface area (Å²) in [6.07, 6.45) is 1.38. The van der Waals surface area contributed by atoms with Gasteiger partial charge in [-0.05, 0) is 31.2 Å². The number of halogens is 1. The molecule has 1 N–H and O–H groups in total. The minimum atomic E-state index is -1.42. The van der Waals surface area contributed by atoms with Gasteiger partial charge in [-0.1, -0.05) is 0 Å². The van der Waals surface area contributed by atoms with Crippen molar-refractivity contribution in [3.8, 4) is 0 Å². The molecule has 0 saturated heterocycles. The number of amides is 1. The van der Waals surface area contributed by atoms with E-state index in [2.05, 4.69) is 5.32 Å². The van der Waals surface area contributed by atoms with E-state index in [4.69, 9.17) is 0 Å². The van der Waals surface area contributed by atoms with Crippen LogP contribution in [-0.2, 0) is 10.8 Å². The second-order valence-electron chi connectivity index (χ2n) is 4.31. The van der Waals surface area contributed by atoms with E-state index in [-0.39, 0.29) is 16.4 Å². The first-order valence-corrected chi connectivity index (χ1v) is 8.36. The zero-order chi connectivity index (χ0) is 15.6. The number of carbonyl (C=O) groups excluding carboxylic acids is 2. The van der Waals surface area contributed by atoms with Gasteiger partial charge < -0.3 is 5.32 Å². The average Bonchev–Trinajstić information content (AvgIpc) is 2.88. The molecule has 0 bridgehead atoms. The molecule has 0 fully saturated rings. The second-order valence-corrected chi connectivity index (χ2v) is 6.57. The van der Waals surface area contributed by atoms with Gasteiger partial charge in [0.05, 0.1) is 20.6 Å². The Labute approximate surface area is 127 Å². The molecular weight excluding hydrogens is 313 g/mol. The van der Waals surface area contributed by atoms with E-state index in [1.54, 1.807) is 5.38 Å². The Bertz CT molecular complexity index is 740. The monoisotopic (exact) mass is 325 g/mol. The van der Waals surface area contributed by atoms with Gasteiger partial charge in [-0.3, -0.25) is 13.8 Å². The molecule has 0 saturated carbocycles. The van der Waals surface area contributed by atoms with Gasteiger partial charge in [0.25, 0.3) is 5.91 Å². The molecule has 0 unspecified atom stereocenters. The molecule has 4 nitrogen and oxygen atoms in total. The SMILES string of the molecule is CC(=O)c1csc(C(=O)Nc2ccc([S@](C)=O)c(F)c2)c1. The lowest BCUT2D eigenvalue weighted by Crippen LogP contribution is -2.10. The Morgan fingerprint density at radius 2 is 2.00 bits per heavy atom. The number of Topliss-reactive ketones (excluding diaryl/α,β-unsaturated/α-hetero) is 1. The minimum absolute atomic E-state index is 0.0861. The van der Waals surface area contributed by atoms with E-state index in [0.717, 1.165) is 17.4 Å². The molecule has 1 heterocycles. The van der Waals surface area contributed by atoms with Crippen LogP contribution in [-0.4, -0.2) is 22.2 Å². The molecule has 21 heavy (non-hydrogen) atoms. The van der Waals surface area contributed by atoms with Gasteiger partial charge in [0.2, 0.25) is 0 Å². The largest absolute Gasteiger partial charge is 0.321 e. The fourth-order valence-electron chi connectivity index (χ4n) is 1.64. The predicted octanol–water partition coefficient (Wildman–Crippen LogP) is 3.08. The zero-order valence-electron chi connectivity index (χ0n) is 11.3. The Balaban J connectivity index is 2.17. The van der Waals surface area contributed by atoms with Crippen molar-refractivity contribution in [3.63, 3.8) is 0 Å². The minimum Gasteiger partial charge on any atom is -0.321 e. The number of rotatable bonds is 4. The maximum absolute atomic E-state index is 13.7. The van der Waals surface area contributed by atoms with E-state index >= 15 is 0 Å². The van der Waals surface area contributed by atoms with E-state index in [9.17, 15) is 18.2 Å². The third-order valence-corrected chi connectivity index (χ3v) is 4.61. The molecule has 2 aromatic rings. The van der Waals surface area contributed by atoms with Crippen molar-refractivity contribution in [2.24, 2.45) is 0 Å². The van der Waals surface area contributed by atoms with Gasteiger partial charge in [-0.2, -0.15) is 0 Å². The van der Waals surface area contributed by atoms with Crippen LogP contribution >= 0.6 is 11.3 Å². The topological polar surface area (TPSA) is 63.2 Å². The highest BCUT2D eigenvalue weighted by Crippen LogP contribution is 2.20. The van der Waals surface area contributed by atoms with Crippen LogP contribution < -0.4 is 5.32 Å². The summed E-state index contributed by atoms with van der Waals surface area (Å²) in [6.45, 7) is 1.42. The number of hydrogen-bond acceptors (Lipinski definition) is 4. The number of carbonyl (C=O) groups is 2. The number of nitrogens with one attached hydrogen (secondary N) is 1. The maximum Gasteiger partial charge on any atom is 0.265 e. The molecule has 2 rings (SSSR count). The fourth-order valence-corrected chi connectivity index (χ4v) is 3.08. The highest BCUT2D eigenvalue weighted by atomic mass is 32.2. The number of hydrogen-bond donors (Lipinski definition) is 1. The summed E-state index contributed by atoms with van der Waals surface area (Å²) >= 11 is 1.14. The molecule has 1 atom stereocenters. The predicted molar refractivity (Wildman–Crippen MR) is 81.0 cm³/mol. The van der Waals surface area contributed by atoms with Crippen molar-refractivity contribution in [2.45, 2.75) is 11.8 Å². The second kappa shape index (κ2) is 6.28. The Morgan fingerprint density at radius 1 is 1.29 bits per heavy atom. The van der Waals surface area contributed by atoms with Crippen LogP contribution in [0.15, 0.2) is 34.5 Å². The number of ketones is 1. The molecular formula is C14H12FNO3S2. The van der Waals surface area contributed by atoms with Crippen molar-refractivity contribution < 1.29 is 18.2 Å². The Morgan fingerprint density at radius 3 is 2.52 bits per heavy atom. The smallest absolute Gasteiger partial charge is 0.265 e. The lowest BCUT2D eigenvalue weighted by atomic mass is 10.2.